The number of aromatic nitrogens is 1. The molecule has 1 saturated heterocycles. The summed E-state index contributed by atoms with van der Waals surface area (Å²) < 4.78 is 0. The van der Waals surface area contributed by atoms with Gasteiger partial charge in [0.2, 0.25) is 11.8 Å². The van der Waals surface area contributed by atoms with Gasteiger partial charge in [-0.3, -0.25) is 19.5 Å². The van der Waals surface area contributed by atoms with E-state index in [9.17, 15) is 9.59 Å². The minimum Gasteiger partial charge on any atom is -0.395 e. The quantitative estimate of drug-likeness (QED) is 0.632. The van der Waals surface area contributed by atoms with Crippen LogP contribution in [-0.4, -0.2) is 53.0 Å². The molecule has 1 aromatic carbocycles. The SMILES string of the molecule is O=C(NCCO)[C@H]1C[C@@H](C(=O)Nc2ccc3c(c2)CCC3)CN(Cc2ccncc2)C1. The van der Waals surface area contributed by atoms with Crippen molar-refractivity contribution in [1.29, 1.82) is 0 Å². The van der Waals surface area contributed by atoms with Crippen LogP contribution < -0.4 is 10.6 Å². The molecule has 164 valence electrons. The van der Waals surface area contributed by atoms with Crippen LogP contribution in [0, 0.1) is 11.8 Å². The molecule has 0 bridgehead atoms. The molecule has 0 unspecified atom stereocenters. The number of nitrogens with zero attached hydrogens (tertiary/aromatic N) is 2. The maximum Gasteiger partial charge on any atom is 0.228 e. The number of aliphatic hydroxyl groups excluding tert-OH is 1. The Hall–Kier alpha value is -2.77. The summed E-state index contributed by atoms with van der Waals surface area (Å²) in [6, 6.07) is 10.1. The highest BCUT2D eigenvalue weighted by molar-refractivity contribution is 5.93. The van der Waals surface area contributed by atoms with E-state index in [0.717, 1.165) is 24.1 Å². The van der Waals surface area contributed by atoms with Crippen molar-refractivity contribution in [2.24, 2.45) is 11.8 Å². The first kappa shape index (κ1) is 21.5. The second kappa shape index (κ2) is 10.0. The Morgan fingerprint density at radius 1 is 1.03 bits per heavy atom. The molecule has 1 aromatic heterocycles. The van der Waals surface area contributed by atoms with Crippen molar-refractivity contribution in [2.75, 3.05) is 31.6 Å². The molecular weight excluding hydrogens is 392 g/mol. The van der Waals surface area contributed by atoms with Crippen LogP contribution >= 0.6 is 0 Å². The zero-order chi connectivity index (χ0) is 21.6. The number of amides is 2. The highest BCUT2D eigenvalue weighted by Crippen LogP contribution is 2.28. The van der Waals surface area contributed by atoms with Crippen LogP contribution in [0.2, 0.25) is 0 Å². The topological polar surface area (TPSA) is 94.6 Å². The third-order valence-electron chi connectivity index (χ3n) is 6.20. The number of anilines is 1. The third kappa shape index (κ3) is 5.48. The number of benzene rings is 1. The number of piperidine rings is 1. The Balaban J connectivity index is 1.46. The van der Waals surface area contributed by atoms with E-state index < -0.39 is 0 Å². The molecule has 7 nitrogen and oxygen atoms in total. The van der Waals surface area contributed by atoms with E-state index in [2.05, 4.69) is 32.7 Å². The smallest absolute Gasteiger partial charge is 0.228 e. The Bertz CT molecular complexity index is 918. The summed E-state index contributed by atoms with van der Waals surface area (Å²) >= 11 is 0. The van der Waals surface area contributed by atoms with Crippen molar-refractivity contribution >= 4 is 17.5 Å². The lowest BCUT2D eigenvalue weighted by Crippen LogP contribution is -2.49. The van der Waals surface area contributed by atoms with Crippen LogP contribution in [0.3, 0.4) is 0 Å². The molecule has 4 rings (SSSR count). The van der Waals surface area contributed by atoms with E-state index >= 15 is 0 Å². The van der Waals surface area contributed by atoms with Crippen molar-refractivity contribution in [3.8, 4) is 0 Å². The molecule has 7 heteroatoms. The lowest BCUT2D eigenvalue weighted by molar-refractivity contribution is -0.130. The van der Waals surface area contributed by atoms with Gasteiger partial charge in [0.25, 0.3) is 0 Å². The number of nitrogens with one attached hydrogen (secondary N) is 2. The van der Waals surface area contributed by atoms with E-state index in [1.54, 1.807) is 12.4 Å². The average Bonchev–Trinajstić information content (AvgIpc) is 3.26. The van der Waals surface area contributed by atoms with E-state index in [-0.39, 0.29) is 36.8 Å². The van der Waals surface area contributed by atoms with Gasteiger partial charge in [-0.2, -0.15) is 0 Å². The van der Waals surface area contributed by atoms with Gasteiger partial charge in [-0.25, -0.2) is 0 Å². The Morgan fingerprint density at radius 2 is 1.77 bits per heavy atom. The van der Waals surface area contributed by atoms with Crippen LogP contribution in [0.25, 0.3) is 0 Å². The molecule has 1 fully saturated rings. The summed E-state index contributed by atoms with van der Waals surface area (Å²) in [7, 11) is 0. The Morgan fingerprint density at radius 3 is 2.55 bits per heavy atom. The summed E-state index contributed by atoms with van der Waals surface area (Å²) in [4.78, 5) is 32.0. The van der Waals surface area contributed by atoms with E-state index in [4.69, 9.17) is 5.11 Å². The zero-order valence-corrected chi connectivity index (χ0v) is 17.7. The highest BCUT2D eigenvalue weighted by atomic mass is 16.3. The van der Waals surface area contributed by atoms with Crippen molar-refractivity contribution in [3.05, 3.63) is 59.4 Å². The summed E-state index contributed by atoms with van der Waals surface area (Å²) in [6.45, 7) is 1.98. The summed E-state index contributed by atoms with van der Waals surface area (Å²) in [5, 5.41) is 14.9. The minimum absolute atomic E-state index is 0.0441. The van der Waals surface area contributed by atoms with Gasteiger partial charge in [-0.05, 0) is 66.6 Å². The molecule has 1 aliphatic carbocycles. The first-order valence-corrected chi connectivity index (χ1v) is 11.0. The van der Waals surface area contributed by atoms with Gasteiger partial charge in [0.15, 0.2) is 0 Å². The molecule has 0 saturated carbocycles. The predicted molar refractivity (Wildman–Crippen MR) is 118 cm³/mol. The highest BCUT2D eigenvalue weighted by Gasteiger charge is 2.35. The molecule has 2 aliphatic rings. The lowest BCUT2D eigenvalue weighted by Gasteiger charge is -2.36. The minimum atomic E-state index is -0.294. The molecule has 0 radical (unpaired) electrons. The number of carbonyl (C=O) groups is 2. The van der Waals surface area contributed by atoms with Gasteiger partial charge < -0.3 is 15.7 Å². The van der Waals surface area contributed by atoms with Crippen LogP contribution in [0.15, 0.2) is 42.7 Å². The van der Waals surface area contributed by atoms with Gasteiger partial charge in [0.1, 0.15) is 0 Å². The number of hydrogen-bond donors (Lipinski definition) is 3. The number of hydrogen-bond acceptors (Lipinski definition) is 5. The van der Waals surface area contributed by atoms with Crippen molar-refractivity contribution in [1.82, 2.24) is 15.2 Å². The molecular formula is C24H30N4O3. The van der Waals surface area contributed by atoms with Crippen molar-refractivity contribution in [3.63, 3.8) is 0 Å². The predicted octanol–water partition coefficient (Wildman–Crippen LogP) is 1.76. The van der Waals surface area contributed by atoms with Crippen LogP contribution in [0.5, 0.6) is 0 Å². The molecule has 3 N–H and O–H groups in total. The Kier molecular flexibility index (Phi) is 6.94. The summed E-state index contributed by atoms with van der Waals surface area (Å²) in [6.07, 6.45) is 7.35. The number of aliphatic hydroxyl groups is 1. The molecule has 31 heavy (non-hydrogen) atoms. The number of rotatable bonds is 7. The second-order valence-corrected chi connectivity index (χ2v) is 8.52. The summed E-state index contributed by atoms with van der Waals surface area (Å²) in [5.74, 6) is -0.729. The number of fused-ring (bicyclic) bond motifs is 1. The second-order valence-electron chi connectivity index (χ2n) is 8.52. The molecule has 2 amide bonds. The first-order chi connectivity index (χ1) is 15.1. The van der Waals surface area contributed by atoms with Gasteiger partial charge in [-0.15, -0.1) is 0 Å². The number of pyridine rings is 1. The first-order valence-electron chi connectivity index (χ1n) is 11.0. The van der Waals surface area contributed by atoms with Crippen LogP contribution in [0.4, 0.5) is 5.69 Å². The van der Waals surface area contributed by atoms with Gasteiger partial charge in [0.05, 0.1) is 18.4 Å². The standard InChI is InChI=1S/C24H30N4O3/c29-11-10-26-23(30)20-12-21(16-28(15-20)14-17-6-8-25-9-7-17)24(31)27-22-5-4-18-2-1-3-19(18)13-22/h4-9,13,20-21,29H,1-3,10-12,14-16H2,(H,26,30)(H,27,31)/t20-,21+/m0/s1. The van der Waals surface area contributed by atoms with E-state index in [0.29, 0.717) is 26.1 Å². The van der Waals surface area contributed by atoms with Crippen LogP contribution in [0.1, 0.15) is 29.5 Å². The van der Waals surface area contributed by atoms with Crippen LogP contribution in [-0.2, 0) is 29.0 Å². The van der Waals surface area contributed by atoms with E-state index in [1.165, 1.54) is 17.5 Å². The van der Waals surface area contributed by atoms with Crippen molar-refractivity contribution in [2.45, 2.75) is 32.2 Å². The normalized spacial score (nSPS) is 20.8. The molecule has 2 aromatic rings. The lowest BCUT2D eigenvalue weighted by atomic mass is 9.87. The fraction of sp³-hybridized carbons (Fsp3) is 0.458. The molecule has 1 aliphatic heterocycles. The average molecular weight is 423 g/mol. The summed E-state index contributed by atoms with van der Waals surface area (Å²) in [5.41, 5.74) is 4.63. The number of likely N-dealkylation sites (tertiary alicyclic amines) is 1. The monoisotopic (exact) mass is 422 g/mol. The van der Waals surface area contributed by atoms with Gasteiger partial charge in [0, 0.05) is 44.3 Å². The zero-order valence-electron chi connectivity index (χ0n) is 17.7. The fourth-order valence-corrected chi connectivity index (χ4v) is 4.66. The largest absolute Gasteiger partial charge is 0.395 e. The Labute approximate surface area is 182 Å². The maximum atomic E-state index is 13.1. The molecule has 2 atom stereocenters. The van der Waals surface area contributed by atoms with E-state index in [1.807, 2.05) is 18.2 Å². The number of carbonyl (C=O) groups excluding carboxylic acids is 2. The third-order valence-corrected chi connectivity index (χ3v) is 6.20. The fourth-order valence-electron chi connectivity index (χ4n) is 4.66. The maximum absolute atomic E-state index is 13.1. The molecule has 0 spiro atoms. The van der Waals surface area contributed by atoms with Gasteiger partial charge >= 0.3 is 0 Å². The van der Waals surface area contributed by atoms with Crippen molar-refractivity contribution < 1.29 is 14.7 Å². The molecule has 2 heterocycles. The van der Waals surface area contributed by atoms with Gasteiger partial charge in [-0.1, -0.05) is 6.07 Å². The number of aryl methyl sites for hydroxylation is 2.